The van der Waals surface area contributed by atoms with Gasteiger partial charge in [-0.2, -0.15) is 13.2 Å². The van der Waals surface area contributed by atoms with Crippen LogP contribution in [0, 0.1) is 0 Å². The predicted molar refractivity (Wildman–Crippen MR) is 55.1 cm³/mol. The second-order valence-electron chi connectivity index (χ2n) is 3.07. The molecular weight excluding hydrogens is 289 g/mol. The molecule has 3 nitrogen and oxygen atoms in total. The molecule has 84 valence electrons. The molecule has 0 atom stereocenters. The topological polar surface area (TPSA) is 45.8 Å². The van der Waals surface area contributed by atoms with E-state index in [1.807, 2.05) is 0 Å². The molecular formula is C9H4BrF3N2O. The van der Waals surface area contributed by atoms with Crippen LogP contribution in [0.3, 0.4) is 0 Å². The van der Waals surface area contributed by atoms with Crippen LogP contribution in [0.25, 0.3) is 10.9 Å². The molecule has 0 saturated carbocycles. The lowest BCUT2D eigenvalue weighted by molar-refractivity contribution is -0.144. The van der Waals surface area contributed by atoms with E-state index in [2.05, 4.69) is 20.9 Å². The average Bonchev–Trinajstić information content (AvgIpc) is 2.17. The number of aromatic amines is 1. The fraction of sp³-hybridized carbons (Fsp3) is 0.111. The highest BCUT2D eigenvalue weighted by atomic mass is 79.9. The number of hydrogen-bond acceptors (Lipinski definition) is 2. The van der Waals surface area contributed by atoms with Crippen LogP contribution < -0.4 is 5.56 Å². The van der Waals surface area contributed by atoms with Crippen LogP contribution in [0.4, 0.5) is 13.2 Å². The second-order valence-corrected chi connectivity index (χ2v) is 3.99. The molecule has 0 spiro atoms. The number of H-pyrrole nitrogens is 1. The number of fused-ring (bicyclic) bond motifs is 1. The Labute approximate surface area is 95.4 Å². The van der Waals surface area contributed by atoms with E-state index in [1.54, 1.807) is 4.98 Å². The maximum Gasteiger partial charge on any atom is 0.449 e. The Morgan fingerprint density at radius 2 is 2.00 bits per heavy atom. The van der Waals surface area contributed by atoms with Crippen LogP contribution in [0.5, 0.6) is 0 Å². The first-order valence-corrected chi connectivity index (χ1v) is 4.94. The first kappa shape index (κ1) is 11.1. The van der Waals surface area contributed by atoms with Crippen molar-refractivity contribution in [3.05, 3.63) is 38.9 Å². The summed E-state index contributed by atoms with van der Waals surface area (Å²) in [4.78, 5) is 16.4. The molecule has 1 heterocycles. The first-order valence-electron chi connectivity index (χ1n) is 4.15. The second kappa shape index (κ2) is 3.58. The standard InChI is InChI=1S/C9H4BrF3N2O/c10-4-1-2-6-5(3-4)7(16)15-8(14-6)9(11,12)13/h1-3H,(H,14,15,16). The highest BCUT2D eigenvalue weighted by Crippen LogP contribution is 2.26. The van der Waals surface area contributed by atoms with Gasteiger partial charge in [-0.3, -0.25) is 4.79 Å². The molecule has 16 heavy (non-hydrogen) atoms. The van der Waals surface area contributed by atoms with E-state index < -0.39 is 17.6 Å². The van der Waals surface area contributed by atoms with Gasteiger partial charge < -0.3 is 4.98 Å². The van der Waals surface area contributed by atoms with E-state index >= 15 is 0 Å². The molecule has 0 amide bonds. The Morgan fingerprint density at radius 1 is 1.31 bits per heavy atom. The van der Waals surface area contributed by atoms with Gasteiger partial charge >= 0.3 is 6.18 Å². The Morgan fingerprint density at radius 3 is 2.62 bits per heavy atom. The maximum absolute atomic E-state index is 12.3. The zero-order valence-corrected chi connectivity index (χ0v) is 9.19. The van der Waals surface area contributed by atoms with Crippen molar-refractivity contribution in [2.45, 2.75) is 6.18 Å². The summed E-state index contributed by atoms with van der Waals surface area (Å²) in [7, 11) is 0. The van der Waals surface area contributed by atoms with Gasteiger partial charge in [-0.1, -0.05) is 15.9 Å². The minimum absolute atomic E-state index is 0.0132. The molecule has 0 unspecified atom stereocenters. The molecule has 1 aromatic carbocycles. The molecule has 0 aliphatic heterocycles. The number of halogens is 4. The van der Waals surface area contributed by atoms with Crippen molar-refractivity contribution < 1.29 is 13.2 Å². The molecule has 0 saturated heterocycles. The lowest BCUT2D eigenvalue weighted by Gasteiger charge is -2.06. The van der Waals surface area contributed by atoms with Crippen molar-refractivity contribution in [3.8, 4) is 0 Å². The summed E-state index contributed by atoms with van der Waals surface area (Å²) in [5, 5.41) is 0.113. The molecule has 0 radical (unpaired) electrons. The highest BCUT2D eigenvalue weighted by Gasteiger charge is 2.34. The summed E-state index contributed by atoms with van der Waals surface area (Å²) < 4.78 is 37.6. The van der Waals surface area contributed by atoms with Gasteiger partial charge in [-0.25, -0.2) is 4.98 Å². The van der Waals surface area contributed by atoms with Crippen molar-refractivity contribution in [1.29, 1.82) is 0 Å². The lowest BCUT2D eigenvalue weighted by Crippen LogP contribution is -2.19. The number of nitrogens with one attached hydrogen (secondary N) is 1. The Balaban J connectivity index is 2.79. The fourth-order valence-electron chi connectivity index (χ4n) is 1.25. The number of hydrogen-bond donors (Lipinski definition) is 1. The largest absolute Gasteiger partial charge is 0.449 e. The van der Waals surface area contributed by atoms with Crippen LogP contribution in [-0.2, 0) is 6.18 Å². The van der Waals surface area contributed by atoms with E-state index in [1.165, 1.54) is 18.2 Å². The number of nitrogens with zero attached hydrogens (tertiary/aromatic N) is 1. The maximum atomic E-state index is 12.3. The van der Waals surface area contributed by atoms with Crippen LogP contribution >= 0.6 is 15.9 Å². The van der Waals surface area contributed by atoms with Crippen molar-refractivity contribution in [2.75, 3.05) is 0 Å². The normalized spacial score (nSPS) is 12.0. The summed E-state index contributed by atoms with van der Waals surface area (Å²) in [5.41, 5.74) is -0.794. The first-order chi connectivity index (χ1) is 7.38. The van der Waals surface area contributed by atoms with E-state index in [9.17, 15) is 18.0 Å². The summed E-state index contributed by atoms with van der Waals surface area (Å²) >= 11 is 3.12. The summed E-state index contributed by atoms with van der Waals surface area (Å²) in [6.45, 7) is 0. The van der Waals surface area contributed by atoms with Crippen LogP contribution in [0.15, 0.2) is 27.5 Å². The van der Waals surface area contributed by atoms with Crippen molar-refractivity contribution in [1.82, 2.24) is 9.97 Å². The smallest absolute Gasteiger partial charge is 0.302 e. The van der Waals surface area contributed by atoms with Gasteiger partial charge in [-0.05, 0) is 18.2 Å². The van der Waals surface area contributed by atoms with Gasteiger partial charge in [0.15, 0.2) is 0 Å². The quantitative estimate of drug-likeness (QED) is 0.811. The fourth-order valence-corrected chi connectivity index (χ4v) is 1.61. The number of rotatable bonds is 0. The third kappa shape index (κ3) is 1.95. The SMILES string of the molecule is O=c1[nH]c(C(F)(F)F)nc2ccc(Br)cc12. The molecule has 2 rings (SSSR count). The summed E-state index contributed by atoms with van der Waals surface area (Å²) in [5.74, 6) is -1.28. The zero-order chi connectivity index (χ0) is 11.9. The number of benzene rings is 1. The van der Waals surface area contributed by atoms with Crippen molar-refractivity contribution >= 4 is 26.8 Å². The molecule has 1 aromatic heterocycles. The number of aromatic nitrogens is 2. The molecule has 0 aliphatic carbocycles. The molecule has 1 N–H and O–H groups in total. The van der Waals surface area contributed by atoms with Gasteiger partial charge in [0.25, 0.3) is 5.56 Å². The Hall–Kier alpha value is -1.37. The minimum atomic E-state index is -4.65. The third-order valence-corrected chi connectivity index (χ3v) is 2.43. The summed E-state index contributed by atoms with van der Waals surface area (Å²) in [6.07, 6.45) is -4.65. The minimum Gasteiger partial charge on any atom is -0.302 e. The average molecular weight is 293 g/mol. The van der Waals surface area contributed by atoms with Crippen LogP contribution in [0.2, 0.25) is 0 Å². The van der Waals surface area contributed by atoms with Gasteiger partial charge in [0.1, 0.15) is 0 Å². The van der Waals surface area contributed by atoms with Crippen molar-refractivity contribution in [2.24, 2.45) is 0 Å². The van der Waals surface area contributed by atoms with Crippen LogP contribution in [0.1, 0.15) is 5.82 Å². The van der Waals surface area contributed by atoms with Gasteiger partial charge in [-0.15, -0.1) is 0 Å². The van der Waals surface area contributed by atoms with Crippen molar-refractivity contribution in [3.63, 3.8) is 0 Å². The molecule has 7 heteroatoms. The van der Waals surface area contributed by atoms with E-state index in [-0.39, 0.29) is 10.9 Å². The lowest BCUT2D eigenvalue weighted by atomic mass is 10.2. The molecule has 0 aliphatic rings. The molecule has 2 aromatic rings. The summed E-state index contributed by atoms with van der Waals surface area (Å²) in [6, 6.07) is 4.29. The third-order valence-electron chi connectivity index (χ3n) is 1.94. The van der Waals surface area contributed by atoms with Gasteiger partial charge in [0, 0.05) is 4.47 Å². The van der Waals surface area contributed by atoms with Gasteiger partial charge in [0.05, 0.1) is 10.9 Å². The van der Waals surface area contributed by atoms with E-state index in [0.717, 1.165) is 0 Å². The Kier molecular flexibility index (Phi) is 2.49. The monoisotopic (exact) mass is 292 g/mol. The van der Waals surface area contributed by atoms with E-state index in [4.69, 9.17) is 0 Å². The number of alkyl halides is 3. The molecule has 0 fully saturated rings. The zero-order valence-electron chi connectivity index (χ0n) is 7.60. The van der Waals surface area contributed by atoms with Gasteiger partial charge in [0.2, 0.25) is 5.82 Å². The van der Waals surface area contributed by atoms with E-state index in [0.29, 0.717) is 4.47 Å². The predicted octanol–water partition coefficient (Wildman–Crippen LogP) is 2.70. The Bertz CT molecular complexity index is 606. The molecule has 0 bridgehead atoms. The van der Waals surface area contributed by atoms with Crippen LogP contribution in [-0.4, -0.2) is 9.97 Å². The highest BCUT2D eigenvalue weighted by molar-refractivity contribution is 9.10.